The number of nitrogens with zero attached hydrogens (tertiary/aromatic N) is 3. The van der Waals surface area contributed by atoms with E-state index in [1.165, 1.54) is 0 Å². The number of amides is 1. The smallest absolute Gasteiger partial charge is 0.251 e. The zero-order valence-corrected chi connectivity index (χ0v) is 15.9. The molecule has 0 saturated carbocycles. The molecule has 1 aromatic heterocycles. The Morgan fingerprint density at radius 2 is 2.15 bits per heavy atom. The molecule has 0 bridgehead atoms. The van der Waals surface area contributed by atoms with Crippen LogP contribution in [0.25, 0.3) is 11.0 Å². The molecule has 2 aliphatic rings. The van der Waals surface area contributed by atoms with Crippen LogP contribution in [0.3, 0.4) is 0 Å². The average Bonchev–Trinajstić information content (AvgIpc) is 3.35. The lowest BCUT2D eigenvalue weighted by Crippen LogP contribution is -2.51. The lowest BCUT2D eigenvalue weighted by molar-refractivity contribution is -0.146. The Morgan fingerprint density at radius 1 is 1.33 bits per heavy atom. The van der Waals surface area contributed by atoms with Gasteiger partial charge in [-0.05, 0) is 31.9 Å². The van der Waals surface area contributed by atoms with Gasteiger partial charge in [0, 0.05) is 32.8 Å². The Hall–Kier alpha value is -1.96. The van der Waals surface area contributed by atoms with Gasteiger partial charge in [-0.25, -0.2) is 4.98 Å². The van der Waals surface area contributed by atoms with E-state index in [4.69, 9.17) is 9.47 Å². The van der Waals surface area contributed by atoms with Crippen LogP contribution in [-0.2, 0) is 20.8 Å². The zero-order chi connectivity index (χ0) is 18.6. The van der Waals surface area contributed by atoms with Crippen molar-refractivity contribution < 1.29 is 14.3 Å². The minimum Gasteiger partial charge on any atom is -0.376 e. The van der Waals surface area contributed by atoms with Crippen molar-refractivity contribution in [3.8, 4) is 0 Å². The van der Waals surface area contributed by atoms with Gasteiger partial charge in [-0.15, -0.1) is 0 Å². The summed E-state index contributed by atoms with van der Waals surface area (Å²) in [7, 11) is 0. The van der Waals surface area contributed by atoms with Gasteiger partial charge in [-0.3, -0.25) is 9.69 Å². The van der Waals surface area contributed by atoms with Gasteiger partial charge in [0.2, 0.25) is 0 Å². The molecule has 2 fully saturated rings. The first-order valence-electron chi connectivity index (χ1n) is 9.87. The van der Waals surface area contributed by atoms with Crippen molar-refractivity contribution in [3.63, 3.8) is 0 Å². The number of hydrogen-bond acceptors (Lipinski definition) is 5. The van der Waals surface area contributed by atoms with Gasteiger partial charge in [0.05, 0.1) is 30.3 Å². The number of hydrogen-bond donors (Lipinski definition) is 1. The van der Waals surface area contributed by atoms with Gasteiger partial charge in [0.1, 0.15) is 11.9 Å². The molecule has 0 radical (unpaired) electrons. The molecule has 1 N–H and O–H groups in total. The fourth-order valence-electron chi connectivity index (χ4n) is 3.77. The molecular formula is C20H28N4O3. The Morgan fingerprint density at radius 3 is 2.89 bits per heavy atom. The van der Waals surface area contributed by atoms with Crippen LogP contribution in [0.1, 0.15) is 25.6 Å². The molecule has 1 amide bonds. The van der Waals surface area contributed by atoms with E-state index in [2.05, 4.69) is 14.9 Å². The van der Waals surface area contributed by atoms with Gasteiger partial charge in [-0.1, -0.05) is 12.1 Å². The van der Waals surface area contributed by atoms with E-state index in [0.29, 0.717) is 6.61 Å². The summed E-state index contributed by atoms with van der Waals surface area (Å²) in [5, 5.41) is 0. The molecule has 27 heavy (non-hydrogen) atoms. The van der Waals surface area contributed by atoms with Crippen molar-refractivity contribution in [1.82, 2.24) is 19.8 Å². The largest absolute Gasteiger partial charge is 0.376 e. The highest BCUT2D eigenvalue weighted by molar-refractivity contribution is 5.80. The first kappa shape index (κ1) is 18.4. The van der Waals surface area contributed by atoms with Crippen molar-refractivity contribution >= 4 is 16.9 Å². The van der Waals surface area contributed by atoms with Gasteiger partial charge < -0.3 is 19.4 Å². The number of imidazole rings is 1. The summed E-state index contributed by atoms with van der Waals surface area (Å²) in [6, 6.07) is 8.07. The number of fused-ring (bicyclic) bond motifs is 1. The quantitative estimate of drug-likeness (QED) is 0.837. The number of ether oxygens (including phenoxy) is 2. The van der Waals surface area contributed by atoms with Crippen molar-refractivity contribution in [1.29, 1.82) is 0 Å². The Labute approximate surface area is 159 Å². The predicted octanol–water partition coefficient (Wildman–Crippen LogP) is 1.79. The minimum absolute atomic E-state index is 0.0800. The highest BCUT2D eigenvalue weighted by Gasteiger charge is 2.27. The maximum Gasteiger partial charge on any atom is 0.251 e. The predicted molar refractivity (Wildman–Crippen MR) is 102 cm³/mol. The molecule has 2 saturated heterocycles. The van der Waals surface area contributed by atoms with Crippen molar-refractivity contribution in [3.05, 3.63) is 30.1 Å². The number of aromatic nitrogens is 2. The molecule has 2 aromatic rings. The minimum atomic E-state index is -0.406. The second-order valence-electron chi connectivity index (χ2n) is 7.41. The fourth-order valence-corrected chi connectivity index (χ4v) is 3.77. The molecule has 7 heteroatoms. The third kappa shape index (κ3) is 4.48. The number of aromatic amines is 1. The van der Waals surface area contributed by atoms with Crippen LogP contribution in [0.15, 0.2) is 24.3 Å². The maximum atomic E-state index is 12.6. The lowest BCUT2D eigenvalue weighted by atomic mass is 10.2. The Kier molecular flexibility index (Phi) is 5.71. The molecule has 7 nitrogen and oxygen atoms in total. The first-order chi connectivity index (χ1) is 13.2. The summed E-state index contributed by atoms with van der Waals surface area (Å²) >= 11 is 0. The molecule has 3 heterocycles. The third-order valence-electron chi connectivity index (χ3n) is 5.40. The number of carbonyl (C=O) groups excluding carboxylic acids is 1. The summed E-state index contributed by atoms with van der Waals surface area (Å²) in [6.45, 7) is 7.10. The topological polar surface area (TPSA) is 70.7 Å². The number of para-hydroxylation sites is 2. The third-order valence-corrected chi connectivity index (χ3v) is 5.40. The average molecular weight is 372 g/mol. The second-order valence-corrected chi connectivity index (χ2v) is 7.41. The monoisotopic (exact) mass is 372 g/mol. The number of nitrogens with one attached hydrogen (secondary N) is 1. The van der Waals surface area contributed by atoms with Crippen molar-refractivity contribution in [2.45, 2.75) is 38.5 Å². The van der Waals surface area contributed by atoms with Crippen molar-refractivity contribution in [2.24, 2.45) is 0 Å². The van der Waals surface area contributed by atoms with Crippen LogP contribution in [0.5, 0.6) is 0 Å². The SMILES string of the molecule is CC(OCC1CCCO1)C(=O)N1CCN(Cc2nc3ccccc3[nH]2)CC1. The number of piperazine rings is 1. The number of rotatable bonds is 6. The molecule has 2 atom stereocenters. The van der Waals surface area contributed by atoms with Gasteiger partial charge in [-0.2, -0.15) is 0 Å². The van der Waals surface area contributed by atoms with Gasteiger partial charge >= 0.3 is 0 Å². The van der Waals surface area contributed by atoms with Crippen LogP contribution >= 0.6 is 0 Å². The van der Waals surface area contributed by atoms with Crippen LogP contribution < -0.4 is 0 Å². The Balaban J connectivity index is 1.23. The number of H-pyrrole nitrogens is 1. The lowest BCUT2D eigenvalue weighted by Gasteiger charge is -2.35. The van der Waals surface area contributed by atoms with Crippen LogP contribution in [-0.4, -0.2) is 77.3 Å². The zero-order valence-electron chi connectivity index (χ0n) is 15.9. The van der Waals surface area contributed by atoms with Crippen LogP contribution in [0.2, 0.25) is 0 Å². The number of benzene rings is 1. The maximum absolute atomic E-state index is 12.6. The fraction of sp³-hybridized carbons (Fsp3) is 0.600. The summed E-state index contributed by atoms with van der Waals surface area (Å²) in [6.07, 6.45) is 1.86. The van der Waals surface area contributed by atoms with E-state index in [1.54, 1.807) is 0 Å². The summed E-state index contributed by atoms with van der Waals surface area (Å²) in [4.78, 5) is 24.9. The normalized spacial score (nSPS) is 22.4. The Bertz CT molecular complexity index is 730. The molecule has 4 rings (SSSR count). The summed E-state index contributed by atoms with van der Waals surface area (Å²) in [5.74, 6) is 1.06. The van der Waals surface area contributed by atoms with Crippen LogP contribution in [0, 0.1) is 0 Å². The van der Waals surface area contributed by atoms with E-state index < -0.39 is 6.10 Å². The molecule has 0 aliphatic carbocycles. The second kappa shape index (κ2) is 8.37. The van der Waals surface area contributed by atoms with Gasteiger partial charge in [0.15, 0.2) is 0 Å². The molecule has 0 spiro atoms. The van der Waals surface area contributed by atoms with E-state index in [9.17, 15) is 4.79 Å². The first-order valence-corrected chi connectivity index (χ1v) is 9.87. The van der Waals surface area contributed by atoms with Gasteiger partial charge in [0.25, 0.3) is 5.91 Å². The standard InChI is InChI=1S/C20H28N4O3/c1-15(27-14-16-5-4-12-26-16)20(25)24-10-8-23(9-11-24)13-19-21-17-6-2-3-7-18(17)22-19/h2-3,6-7,15-16H,4-5,8-14H2,1H3,(H,21,22). The molecular weight excluding hydrogens is 344 g/mol. The van der Waals surface area contributed by atoms with E-state index in [-0.39, 0.29) is 12.0 Å². The molecule has 1 aromatic carbocycles. The molecule has 2 aliphatic heterocycles. The highest BCUT2D eigenvalue weighted by atomic mass is 16.5. The van der Waals surface area contributed by atoms with E-state index in [1.807, 2.05) is 36.1 Å². The van der Waals surface area contributed by atoms with E-state index in [0.717, 1.165) is 69.0 Å². The summed E-state index contributed by atoms with van der Waals surface area (Å²) in [5.41, 5.74) is 2.07. The highest BCUT2D eigenvalue weighted by Crippen LogP contribution is 2.15. The number of carbonyl (C=O) groups is 1. The van der Waals surface area contributed by atoms with E-state index >= 15 is 0 Å². The van der Waals surface area contributed by atoms with Crippen molar-refractivity contribution in [2.75, 3.05) is 39.4 Å². The summed E-state index contributed by atoms with van der Waals surface area (Å²) < 4.78 is 11.3. The molecule has 146 valence electrons. The molecule has 2 unspecified atom stereocenters. The van der Waals surface area contributed by atoms with Crippen LogP contribution in [0.4, 0.5) is 0 Å².